The average Bonchev–Trinajstić information content (AvgIpc) is 3.12. The molecule has 0 aliphatic carbocycles. The van der Waals surface area contributed by atoms with E-state index in [-0.39, 0.29) is 34.9 Å². The summed E-state index contributed by atoms with van der Waals surface area (Å²) < 4.78 is 56.8. The Bertz CT molecular complexity index is 1200. The van der Waals surface area contributed by atoms with Crippen LogP contribution in [-0.4, -0.2) is 71.1 Å². The number of phenols is 1. The molecule has 12 heteroatoms. The summed E-state index contributed by atoms with van der Waals surface area (Å²) in [6, 6.07) is 2.98. The molecule has 0 spiro atoms. The zero-order valence-corrected chi connectivity index (χ0v) is 18.5. The molecular formula is C23H21F4N5O3. The Labute approximate surface area is 197 Å². The first-order chi connectivity index (χ1) is 16.6. The zero-order chi connectivity index (χ0) is 25.5. The number of para-hydroxylation sites is 1. The van der Waals surface area contributed by atoms with Crippen molar-refractivity contribution < 1.29 is 32.3 Å². The molecule has 1 aromatic carbocycles. The minimum atomic E-state index is -4.99. The number of halogens is 4. The highest BCUT2D eigenvalue weighted by Crippen LogP contribution is 2.40. The lowest BCUT2D eigenvalue weighted by atomic mass is 9.92. The summed E-state index contributed by atoms with van der Waals surface area (Å²) in [6.07, 6.45) is -1.75. The molecule has 0 bridgehead atoms. The predicted octanol–water partition coefficient (Wildman–Crippen LogP) is 3.01. The van der Waals surface area contributed by atoms with Crippen LogP contribution in [0.3, 0.4) is 0 Å². The number of phenolic OH excluding ortho intramolecular Hbond substituents is 1. The van der Waals surface area contributed by atoms with Crippen LogP contribution in [0.25, 0.3) is 6.08 Å². The molecule has 2 fully saturated rings. The summed E-state index contributed by atoms with van der Waals surface area (Å²) in [7, 11) is 0.955. The van der Waals surface area contributed by atoms with Gasteiger partial charge in [0.2, 0.25) is 5.91 Å². The topological polar surface area (TPSA) is 89.9 Å². The molecule has 8 nitrogen and oxygen atoms in total. The van der Waals surface area contributed by atoms with Gasteiger partial charge in [-0.2, -0.15) is 13.2 Å². The van der Waals surface area contributed by atoms with Crippen LogP contribution in [0.5, 0.6) is 5.75 Å². The molecular weight excluding hydrogens is 470 g/mol. The molecule has 2 saturated heterocycles. The summed E-state index contributed by atoms with van der Waals surface area (Å²) in [6.45, 7) is 4.66. The number of aromatic nitrogens is 2. The summed E-state index contributed by atoms with van der Waals surface area (Å²) >= 11 is 0. The van der Waals surface area contributed by atoms with Crippen LogP contribution in [0, 0.1) is 11.7 Å². The van der Waals surface area contributed by atoms with Crippen LogP contribution in [0.4, 0.5) is 29.1 Å². The van der Waals surface area contributed by atoms with Crippen LogP contribution < -0.4 is 9.80 Å². The lowest BCUT2D eigenvalue weighted by molar-refractivity contribution is -0.135. The number of nitrogens with zero attached hydrogens (tertiary/aromatic N) is 5. The summed E-state index contributed by atoms with van der Waals surface area (Å²) in [5, 5.41) is 10.0. The van der Waals surface area contributed by atoms with Crippen LogP contribution in [-0.2, 0) is 4.79 Å². The van der Waals surface area contributed by atoms with E-state index in [2.05, 4.69) is 16.5 Å². The van der Waals surface area contributed by atoms with Crippen molar-refractivity contribution in [1.29, 1.82) is 0 Å². The van der Waals surface area contributed by atoms with Gasteiger partial charge in [0.1, 0.15) is 35.0 Å². The van der Waals surface area contributed by atoms with E-state index in [1.807, 2.05) is 0 Å². The number of benzene rings is 1. The van der Waals surface area contributed by atoms with Gasteiger partial charge in [-0.15, -0.1) is 0 Å². The van der Waals surface area contributed by atoms with E-state index in [0.29, 0.717) is 36.9 Å². The van der Waals surface area contributed by atoms with Gasteiger partial charge < -0.3 is 19.8 Å². The number of likely N-dealkylation sites (tertiary alicyclic amines) is 1. The maximum Gasteiger partial charge on any atom is 0.431 e. The molecule has 3 heterocycles. The molecule has 4 rings (SSSR count). The minimum absolute atomic E-state index is 0.0791. The van der Waals surface area contributed by atoms with E-state index < -0.39 is 29.1 Å². The Morgan fingerprint density at radius 2 is 2.00 bits per heavy atom. The quantitative estimate of drug-likeness (QED) is 0.378. The smallest absolute Gasteiger partial charge is 0.431 e. The molecule has 2 aliphatic rings. The third kappa shape index (κ3) is 4.31. The number of aldehydes is 1. The summed E-state index contributed by atoms with van der Waals surface area (Å²) in [4.78, 5) is 35.4. The monoisotopic (exact) mass is 491 g/mol. The number of hydrogen-bond acceptors (Lipinski definition) is 7. The van der Waals surface area contributed by atoms with Crippen molar-refractivity contribution >= 4 is 29.8 Å². The van der Waals surface area contributed by atoms with E-state index in [4.69, 9.17) is 0 Å². The number of alkyl halides is 3. The van der Waals surface area contributed by atoms with Crippen molar-refractivity contribution in [3.8, 4) is 5.75 Å². The van der Waals surface area contributed by atoms with Crippen molar-refractivity contribution in [2.45, 2.75) is 12.2 Å². The first kappa shape index (κ1) is 24.2. The number of carbonyl (C=O) groups is 2. The molecule has 2 aromatic rings. The van der Waals surface area contributed by atoms with Gasteiger partial charge >= 0.3 is 6.18 Å². The Hall–Kier alpha value is -3.96. The Morgan fingerprint density at radius 3 is 2.63 bits per heavy atom. The normalized spacial score (nSPS) is 19.7. The Balaban J connectivity index is 1.78. The highest BCUT2D eigenvalue weighted by Gasteiger charge is 2.48. The first-order valence-electron chi connectivity index (χ1n) is 10.5. The molecule has 184 valence electrons. The van der Waals surface area contributed by atoms with Crippen LogP contribution in [0.15, 0.2) is 42.9 Å². The Kier molecular flexibility index (Phi) is 6.22. The van der Waals surface area contributed by atoms with E-state index in [1.165, 1.54) is 6.08 Å². The second-order valence-electron chi connectivity index (χ2n) is 8.24. The maximum absolute atomic E-state index is 14.4. The van der Waals surface area contributed by atoms with E-state index >= 15 is 0 Å². The largest absolute Gasteiger partial charge is 0.506 e. The highest BCUT2D eigenvalue weighted by molar-refractivity contribution is 5.88. The summed E-state index contributed by atoms with van der Waals surface area (Å²) in [5.41, 5.74) is -2.52. The van der Waals surface area contributed by atoms with Crippen molar-refractivity contribution in [2.24, 2.45) is 5.92 Å². The predicted molar refractivity (Wildman–Crippen MR) is 119 cm³/mol. The number of anilines is 2. The van der Waals surface area contributed by atoms with Gasteiger partial charge in [-0.05, 0) is 24.3 Å². The SMILES string of the molecule is C=CC(=O)N1CC2CN(c3ncnc(C=O)c3/C=C(\N(C)c3c(O)cccc3F)C(F)(F)F)CC21. The first-order valence-corrected chi connectivity index (χ1v) is 10.5. The fraction of sp³-hybridized carbons (Fsp3) is 0.304. The number of rotatable bonds is 6. The van der Waals surface area contributed by atoms with E-state index in [9.17, 15) is 32.3 Å². The molecule has 0 radical (unpaired) electrons. The number of amides is 1. The second-order valence-corrected chi connectivity index (χ2v) is 8.24. The average molecular weight is 491 g/mol. The van der Waals surface area contributed by atoms with Gasteiger partial charge in [-0.1, -0.05) is 12.6 Å². The molecule has 2 atom stereocenters. The minimum Gasteiger partial charge on any atom is -0.506 e. The third-order valence-electron chi connectivity index (χ3n) is 6.23. The lowest BCUT2D eigenvalue weighted by Gasteiger charge is -2.42. The van der Waals surface area contributed by atoms with Crippen LogP contribution in [0.1, 0.15) is 16.1 Å². The van der Waals surface area contributed by atoms with Crippen molar-refractivity contribution in [3.05, 3.63) is 60.0 Å². The number of allylic oxidation sites excluding steroid dienone is 1. The van der Waals surface area contributed by atoms with Gasteiger partial charge in [0.05, 0.1) is 6.04 Å². The molecule has 1 N–H and O–H groups in total. The third-order valence-corrected chi connectivity index (χ3v) is 6.23. The summed E-state index contributed by atoms with van der Waals surface area (Å²) in [5.74, 6) is -1.83. The van der Waals surface area contributed by atoms with Gasteiger partial charge in [0, 0.05) is 38.2 Å². The number of hydrogen-bond donors (Lipinski definition) is 1. The van der Waals surface area contributed by atoms with Crippen molar-refractivity contribution in [2.75, 3.05) is 36.5 Å². The molecule has 2 aliphatic heterocycles. The van der Waals surface area contributed by atoms with Gasteiger partial charge in [-0.25, -0.2) is 14.4 Å². The maximum atomic E-state index is 14.4. The number of fused-ring (bicyclic) bond motifs is 1. The molecule has 35 heavy (non-hydrogen) atoms. The van der Waals surface area contributed by atoms with Crippen LogP contribution in [0.2, 0.25) is 0 Å². The molecule has 1 aromatic heterocycles. The standard InChI is InChI=1S/C23H21F4N5O3/c1-3-20(35)32-9-13-8-31(10-17(13)32)22-14(16(11-33)28-12-29-22)7-19(23(25,26)27)30(2)21-15(24)5-4-6-18(21)34/h3-7,11-13,17,34H,1,8-10H2,2H3/b19-7-. The Morgan fingerprint density at radius 1 is 1.26 bits per heavy atom. The second kappa shape index (κ2) is 9.01. The molecule has 2 unspecified atom stereocenters. The van der Waals surface area contributed by atoms with Gasteiger partial charge in [0.15, 0.2) is 12.1 Å². The molecule has 0 saturated carbocycles. The highest BCUT2D eigenvalue weighted by atomic mass is 19.4. The van der Waals surface area contributed by atoms with Crippen LogP contribution >= 0.6 is 0 Å². The van der Waals surface area contributed by atoms with E-state index in [0.717, 1.165) is 31.6 Å². The lowest BCUT2D eigenvalue weighted by Crippen LogP contribution is -2.57. The van der Waals surface area contributed by atoms with Crippen molar-refractivity contribution in [1.82, 2.24) is 14.9 Å². The fourth-order valence-corrected chi connectivity index (χ4v) is 4.53. The fourth-order valence-electron chi connectivity index (χ4n) is 4.53. The molecule has 1 amide bonds. The van der Waals surface area contributed by atoms with E-state index in [1.54, 1.807) is 9.80 Å². The zero-order valence-electron chi connectivity index (χ0n) is 18.5. The van der Waals surface area contributed by atoms with Gasteiger partial charge in [0.25, 0.3) is 0 Å². The van der Waals surface area contributed by atoms with Crippen molar-refractivity contribution in [3.63, 3.8) is 0 Å². The van der Waals surface area contributed by atoms with Gasteiger partial charge in [-0.3, -0.25) is 9.59 Å². The number of carbonyl (C=O) groups excluding carboxylic acids is 2. The number of aromatic hydroxyl groups is 1.